The van der Waals surface area contributed by atoms with E-state index in [4.69, 9.17) is 0 Å². The van der Waals surface area contributed by atoms with Gasteiger partial charge in [0.25, 0.3) is 5.91 Å². The Labute approximate surface area is 159 Å². The predicted octanol–water partition coefficient (Wildman–Crippen LogP) is 4.11. The van der Waals surface area contributed by atoms with Crippen LogP contribution in [0.4, 0.5) is 10.1 Å². The van der Waals surface area contributed by atoms with Gasteiger partial charge in [-0.3, -0.25) is 15.0 Å². The predicted molar refractivity (Wildman–Crippen MR) is 103 cm³/mol. The van der Waals surface area contributed by atoms with Crippen molar-refractivity contribution in [2.45, 2.75) is 33.0 Å². The maximum atomic E-state index is 13.3. The molecule has 3 rings (SSSR count). The fourth-order valence-corrected chi connectivity index (χ4v) is 2.80. The highest BCUT2D eigenvalue weighted by Crippen LogP contribution is 2.22. The molecule has 1 fully saturated rings. The SMILES string of the molecule is C.Cl.O=C(c1cc(N2CCC(F)CC2)ccn1)N(O)Cc1ccccc1. The van der Waals surface area contributed by atoms with Crippen molar-refractivity contribution in [2.24, 2.45) is 0 Å². The van der Waals surface area contributed by atoms with Gasteiger partial charge in [-0.15, -0.1) is 12.4 Å². The zero-order valence-corrected chi connectivity index (χ0v) is 14.5. The number of alkyl halides is 1. The van der Waals surface area contributed by atoms with Gasteiger partial charge in [0.05, 0.1) is 6.54 Å². The molecule has 2 heterocycles. The molecule has 0 unspecified atom stereocenters. The molecule has 0 bridgehead atoms. The average molecular weight is 382 g/mol. The molecule has 1 aromatic carbocycles. The Morgan fingerprint density at radius 3 is 2.54 bits per heavy atom. The fraction of sp³-hybridized carbons (Fsp3) is 0.368. The summed E-state index contributed by atoms with van der Waals surface area (Å²) in [5.41, 5.74) is 1.83. The third kappa shape index (κ3) is 5.41. The van der Waals surface area contributed by atoms with Crippen molar-refractivity contribution in [2.75, 3.05) is 18.0 Å². The second-order valence-electron chi connectivity index (χ2n) is 5.91. The molecular formula is C19H25ClFN3O2. The summed E-state index contributed by atoms with van der Waals surface area (Å²) in [6.07, 6.45) is 1.78. The molecule has 0 aliphatic carbocycles. The van der Waals surface area contributed by atoms with Crippen LogP contribution in [-0.4, -0.2) is 40.4 Å². The number of piperidine rings is 1. The Morgan fingerprint density at radius 2 is 1.88 bits per heavy atom. The number of rotatable bonds is 4. The van der Waals surface area contributed by atoms with E-state index in [1.165, 1.54) is 0 Å². The average Bonchev–Trinajstić information content (AvgIpc) is 2.62. The Morgan fingerprint density at radius 1 is 1.23 bits per heavy atom. The van der Waals surface area contributed by atoms with Crippen LogP contribution in [0.5, 0.6) is 0 Å². The summed E-state index contributed by atoms with van der Waals surface area (Å²) in [6, 6.07) is 12.7. The summed E-state index contributed by atoms with van der Waals surface area (Å²) in [4.78, 5) is 18.5. The molecule has 0 saturated carbocycles. The van der Waals surface area contributed by atoms with Crippen LogP contribution in [0.15, 0.2) is 48.7 Å². The number of nitrogens with zero attached hydrogens (tertiary/aromatic N) is 3. The van der Waals surface area contributed by atoms with Crippen molar-refractivity contribution in [3.05, 3.63) is 59.9 Å². The molecule has 7 heteroatoms. The largest absolute Gasteiger partial charge is 0.371 e. The third-order valence-electron chi connectivity index (χ3n) is 4.16. The van der Waals surface area contributed by atoms with Crippen LogP contribution >= 0.6 is 12.4 Å². The molecule has 5 nitrogen and oxygen atoms in total. The minimum Gasteiger partial charge on any atom is -0.371 e. The van der Waals surface area contributed by atoms with E-state index in [0.29, 0.717) is 31.0 Å². The second-order valence-corrected chi connectivity index (χ2v) is 5.91. The van der Waals surface area contributed by atoms with Crippen LogP contribution in [0.2, 0.25) is 0 Å². The molecule has 0 spiro atoms. The number of benzene rings is 1. The molecular weight excluding hydrogens is 357 g/mol. The lowest BCUT2D eigenvalue weighted by molar-refractivity contribution is -0.0652. The summed E-state index contributed by atoms with van der Waals surface area (Å²) < 4.78 is 13.3. The minimum atomic E-state index is -0.747. The summed E-state index contributed by atoms with van der Waals surface area (Å²) in [5.74, 6) is -0.555. The van der Waals surface area contributed by atoms with Gasteiger partial charge >= 0.3 is 0 Å². The molecule has 1 aliphatic rings. The molecule has 2 aromatic rings. The van der Waals surface area contributed by atoms with Crippen molar-refractivity contribution >= 4 is 24.0 Å². The summed E-state index contributed by atoms with van der Waals surface area (Å²) in [7, 11) is 0. The van der Waals surface area contributed by atoms with E-state index in [-0.39, 0.29) is 32.1 Å². The number of hydrogen-bond acceptors (Lipinski definition) is 4. The first-order valence-electron chi connectivity index (χ1n) is 8.03. The fourth-order valence-electron chi connectivity index (χ4n) is 2.80. The first kappa shape index (κ1) is 21.9. The molecule has 1 amide bonds. The summed E-state index contributed by atoms with van der Waals surface area (Å²) >= 11 is 0. The standard InChI is InChI=1S/C18H20FN3O2.CH4.ClH/c19-15-7-10-21(11-8-15)16-6-9-20-17(12-16)18(23)22(24)13-14-4-2-1-3-5-14;;/h1-6,9,12,15,24H,7-8,10-11,13H2;1H4;1H. The number of carbonyl (C=O) groups excluding carboxylic acids is 1. The topological polar surface area (TPSA) is 56.7 Å². The van der Waals surface area contributed by atoms with Gasteiger partial charge in [-0.25, -0.2) is 9.45 Å². The first-order chi connectivity index (χ1) is 11.6. The quantitative estimate of drug-likeness (QED) is 0.639. The van der Waals surface area contributed by atoms with Crippen molar-refractivity contribution in [1.29, 1.82) is 0 Å². The van der Waals surface area contributed by atoms with E-state index in [9.17, 15) is 14.4 Å². The van der Waals surface area contributed by atoms with E-state index in [2.05, 4.69) is 4.98 Å². The van der Waals surface area contributed by atoms with E-state index in [1.54, 1.807) is 18.3 Å². The minimum absolute atomic E-state index is 0. The van der Waals surface area contributed by atoms with Crippen molar-refractivity contribution in [1.82, 2.24) is 10.0 Å². The zero-order valence-electron chi connectivity index (χ0n) is 13.7. The van der Waals surface area contributed by atoms with Gasteiger partial charge in [-0.1, -0.05) is 37.8 Å². The van der Waals surface area contributed by atoms with Crippen LogP contribution in [0, 0.1) is 0 Å². The van der Waals surface area contributed by atoms with Crippen LogP contribution in [-0.2, 0) is 6.54 Å². The lowest BCUT2D eigenvalue weighted by atomic mass is 10.1. The smallest absolute Gasteiger partial charge is 0.296 e. The number of hydroxylamine groups is 2. The van der Waals surface area contributed by atoms with Crippen LogP contribution in [0.1, 0.15) is 36.3 Å². The van der Waals surface area contributed by atoms with Crippen LogP contribution in [0.25, 0.3) is 0 Å². The molecule has 0 radical (unpaired) electrons. The van der Waals surface area contributed by atoms with Crippen molar-refractivity contribution in [3.63, 3.8) is 0 Å². The van der Waals surface area contributed by atoms with E-state index < -0.39 is 12.1 Å². The van der Waals surface area contributed by atoms with Crippen molar-refractivity contribution in [3.8, 4) is 0 Å². The molecule has 142 valence electrons. The molecule has 1 N–H and O–H groups in total. The highest BCUT2D eigenvalue weighted by Gasteiger charge is 2.21. The van der Waals surface area contributed by atoms with E-state index in [1.807, 2.05) is 35.2 Å². The number of carbonyl (C=O) groups is 1. The highest BCUT2D eigenvalue weighted by molar-refractivity contribution is 5.92. The van der Waals surface area contributed by atoms with Gasteiger partial charge in [-0.05, 0) is 30.5 Å². The number of amides is 1. The summed E-state index contributed by atoms with van der Waals surface area (Å²) in [6.45, 7) is 1.33. The van der Waals surface area contributed by atoms with Gasteiger partial charge in [0.1, 0.15) is 11.9 Å². The van der Waals surface area contributed by atoms with Gasteiger partial charge in [0, 0.05) is 25.0 Å². The van der Waals surface area contributed by atoms with Gasteiger partial charge in [0.2, 0.25) is 0 Å². The number of pyridine rings is 1. The second kappa shape index (κ2) is 10.1. The monoisotopic (exact) mass is 381 g/mol. The maximum Gasteiger partial charge on any atom is 0.296 e. The Hall–Kier alpha value is -2.18. The number of anilines is 1. The molecule has 1 saturated heterocycles. The molecule has 26 heavy (non-hydrogen) atoms. The molecule has 1 aliphatic heterocycles. The highest BCUT2D eigenvalue weighted by atomic mass is 35.5. The number of halogens is 2. The Kier molecular flexibility index (Phi) is 8.48. The lowest BCUT2D eigenvalue weighted by Crippen LogP contribution is -2.34. The van der Waals surface area contributed by atoms with Crippen LogP contribution < -0.4 is 4.90 Å². The summed E-state index contributed by atoms with van der Waals surface area (Å²) in [5, 5.41) is 10.7. The molecule has 1 aromatic heterocycles. The molecule has 0 atom stereocenters. The Bertz CT molecular complexity index is 694. The first-order valence-corrected chi connectivity index (χ1v) is 8.03. The zero-order chi connectivity index (χ0) is 16.9. The maximum absolute atomic E-state index is 13.3. The third-order valence-corrected chi connectivity index (χ3v) is 4.16. The lowest BCUT2D eigenvalue weighted by Gasteiger charge is -2.30. The normalized spacial score (nSPS) is 14.2. The number of aromatic nitrogens is 1. The number of hydrogen-bond donors (Lipinski definition) is 1. The van der Waals surface area contributed by atoms with Gasteiger partial charge < -0.3 is 4.90 Å². The van der Waals surface area contributed by atoms with Crippen molar-refractivity contribution < 1.29 is 14.4 Å². The Balaban J connectivity index is 0.00000169. The van der Waals surface area contributed by atoms with E-state index in [0.717, 1.165) is 11.3 Å². The van der Waals surface area contributed by atoms with Gasteiger partial charge in [0.15, 0.2) is 0 Å². The van der Waals surface area contributed by atoms with Gasteiger partial charge in [-0.2, -0.15) is 0 Å². The van der Waals surface area contributed by atoms with E-state index >= 15 is 0 Å². The van der Waals surface area contributed by atoms with Crippen LogP contribution in [0.3, 0.4) is 0 Å².